The zero-order valence-corrected chi connectivity index (χ0v) is 14.0. The van der Waals surface area contributed by atoms with E-state index in [1.54, 1.807) is 17.5 Å². The van der Waals surface area contributed by atoms with Crippen molar-refractivity contribution >= 4 is 37.7 Å². The second-order valence-corrected chi connectivity index (χ2v) is 8.46. The molecular weight excluding hydrogens is 352 g/mol. The summed E-state index contributed by atoms with van der Waals surface area (Å²) in [6.07, 6.45) is 1.70. The van der Waals surface area contributed by atoms with Gasteiger partial charge in [-0.25, -0.2) is 23.1 Å². The van der Waals surface area contributed by atoms with Crippen LogP contribution in [0.2, 0.25) is 0 Å². The Morgan fingerprint density at radius 3 is 2.43 bits per heavy atom. The first-order chi connectivity index (χ1) is 11.0. The van der Waals surface area contributed by atoms with E-state index >= 15 is 0 Å². The average molecular weight is 362 g/mol. The number of thiophene rings is 1. The Labute approximate surface area is 139 Å². The Bertz CT molecular complexity index is 1050. The topological polar surface area (TPSA) is 90.4 Å². The van der Waals surface area contributed by atoms with Crippen molar-refractivity contribution in [3.05, 3.63) is 48.0 Å². The van der Waals surface area contributed by atoms with Crippen LogP contribution in [0.1, 0.15) is 0 Å². The molecule has 0 spiro atoms. The summed E-state index contributed by atoms with van der Waals surface area (Å²) < 4.78 is 23.9. The predicted octanol–water partition coefficient (Wildman–Crippen LogP) is 2.83. The van der Waals surface area contributed by atoms with E-state index < -0.39 is 10.0 Å². The Morgan fingerprint density at radius 1 is 1.09 bits per heavy atom. The number of rotatable bonds is 3. The molecule has 3 aromatic heterocycles. The number of aromatic nitrogens is 3. The van der Waals surface area contributed by atoms with Crippen LogP contribution in [0.25, 0.3) is 26.7 Å². The highest BCUT2D eigenvalue weighted by atomic mass is 32.2. The highest BCUT2D eigenvalue weighted by molar-refractivity contribution is 7.91. The van der Waals surface area contributed by atoms with Crippen LogP contribution < -0.4 is 5.14 Å². The monoisotopic (exact) mass is 362 g/mol. The molecule has 0 saturated heterocycles. The van der Waals surface area contributed by atoms with Crippen LogP contribution in [0, 0.1) is 0 Å². The molecule has 0 radical (unpaired) electrons. The van der Waals surface area contributed by atoms with Gasteiger partial charge in [0, 0.05) is 10.4 Å². The Kier molecular flexibility index (Phi) is 3.31. The van der Waals surface area contributed by atoms with E-state index in [9.17, 15) is 8.42 Å². The molecular formula is C14H10N4O2S3. The first-order valence-corrected chi connectivity index (χ1v) is 9.78. The van der Waals surface area contributed by atoms with Crippen molar-refractivity contribution in [2.24, 2.45) is 5.14 Å². The molecule has 23 heavy (non-hydrogen) atoms. The minimum Gasteiger partial charge on any atom is -0.223 e. The molecule has 0 aliphatic carbocycles. The van der Waals surface area contributed by atoms with Gasteiger partial charge in [-0.1, -0.05) is 41.7 Å². The molecule has 116 valence electrons. The molecule has 0 atom stereocenters. The van der Waals surface area contributed by atoms with Crippen molar-refractivity contribution < 1.29 is 8.42 Å². The summed E-state index contributed by atoms with van der Waals surface area (Å²) in [6.45, 7) is 0. The van der Waals surface area contributed by atoms with E-state index in [1.807, 2.05) is 35.7 Å². The highest BCUT2D eigenvalue weighted by Crippen LogP contribution is 2.28. The third-order valence-electron chi connectivity index (χ3n) is 3.25. The summed E-state index contributed by atoms with van der Waals surface area (Å²) >= 11 is 2.64. The Hall–Kier alpha value is -2.07. The van der Waals surface area contributed by atoms with Gasteiger partial charge in [0.05, 0.1) is 11.9 Å². The molecule has 1 aromatic carbocycles. The molecule has 0 amide bonds. The number of sulfonamides is 1. The number of nitrogens with zero attached hydrogens (tertiary/aromatic N) is 3. The summed E-state index contributed by atoms with van der Waals surface area (Å²) in [6, 6.07) is 12.1. The fraction of sp³-hybridized carbons (Fsp3) is 0. The molecule has 0 bridgehead atoms. The average Bonchev–Trinajstić information content (AvgIpc) is 3.22. The normalized spacial score (nSPS) is 12.0. The SMILES string of the molecule is NS(=O)(=O)c1nn2cc(-c3ccc(-c4cccs4)cc3)nc2s1. The third kappa shape index (κ3) is 2.68. The van der Waals surface area contributed by atoms with Gasteiger partial charge in [-0.15, -0.1) is 16.4 Å². The molecule has 3 heterocycles. The van der Waals surface area contributed by atoms with E-state index in [2.05, 4.69) is 16.1 Å². The van der Waals surface area contributed by atoms with Crippen LogP contribution in [0.3, 0.4) is 0 Å². The van der Waals surface area contributed by atoms with Crippen LogP contribution >= 0.6 is 22.7 Å². The maximum atomic E-state index is 11.3. The second-order valence-electron chi connectivity index (χ2n) is 4.82. The third-order valence-corrected chi connectivity index (χ3v) is 6.41. The molecule has 0 aliphatic rings. The van der Waals surface area contributed by atoms with Gasteiger partial charge >= 0.3 is 0 Å². The number of benzene rings is 1. The smallest absolute Gasteiger partial charge is 0.223 e. The molecule has 0 saturated carbocycles. The van der Waals surface area contributed by atoms with E-state index in [4.69, 9.17) is 5.14 Å². The van der Waals surface area contributed by atoms with Crippen molar-refractivity contribution in [1.29, 1.82) is 0 Å². The van der Waals surface area contributed by atoms with Gasteiger partial charge in [0.1, 0.15) is 0 Å². The number of hydrogen-bond donors (Lipinski definition) is 1. The summed E-state index contributed by atoms with van der Waals surface area (Å²) in [5, 5.41) is 11.1. The lowest BCUT2D eigenvalue weighted by Crippen LogP contribution is -2.12. The van der Waals surface area contributed by atoms with E-state index in [-0.39, 0.29) is 4.34 Å². The van der Waals surface area contributed by atoms with E-state index in [1.165, 1.54) is 9.39 Å². The van der Waals surface area contributed by atoms with Crippen LogP contribution in [0.4, 0.5) is 0 Å². The van der Waals surface area contributed by atoms with Crippen molar-refractivity contribution in [2.45, 2.75) is 4.34 Å². The van der Waals surface area contributed by atoms with Crippen LogP contribution in [0.5, 0.6) is 0 Å². The number of nitrogens with two attached hydrogens (primary N) is 1. The first-order valence-electron chi connectivity index (χ1n) is 6.54. The molecule has 4 rings (SSSR count). The van der Waals surface area contributed by atoms with E-state index in [0.29, 0.717) is 4.96 Å². The quantitative estimate of drug-likeness (QED) is 0.607. The molecule has 4 aromatic rings. The minimum atomic E-state index is -3.80. The van der Waals surface area contributed by atoms with Crippen LogP contribution in [-0.2, 0) is 10.0 Å². The highest BCUT2D eigenvalue weighted by Gasteiger charge is 2.17. The number of primary sulfonamides is 1. The summed E-state index contributed by atoms with van der Waals surface area (Å²) in [5.41, 5.74) is 2.84. The minimum absolute atomic E-state index is 0.139. The second kappa shape index (κ2) is 5.24. The fourth-order valence-electron chi connectivity index (χ4n) is 2.18. The lowest BCUT2D eigenvalue weighted by atomic mass is 10.1. The van der Waals surface area contributed by atoms with Crippen LogP contribution in [0.15, 0.2) is 52.3 Å². The predicted molar refractivity (Wildman–Crippen MR) is 91.0 cm³/mol. The fourth-order valence-corrected chi connectivity index (χ4v) is 4.42. The van der Waals surface area contributed by atoms with Crippen molar-refractivity contribution in [1.82, 2.24) is 14.6 Å². The molecule has 2 N–H and O–H groups in total. The maximum Gasteiger partial charge on any atom is 0.267 e. The van der Waals surface area contributed by atoms with Crippen LogP contribution in [-0.4, -0.2) is 23.0 Å². The van der Waals surface area contributed by atoms with Crippen molar-refractivity contribution in [2.75, 3.05) is 0 Å². The summed E-state index contributed by atoms with van der Waals surface area (Å²) in [7, 11) is -3.80. The first kappa shape index (κ1) is 14.5. The molecule has 9 heteroatoms. The van der Waals surface area contributed by atoms with Gasteiger partial charge in [0.2, 0.25) is 9.30 Å². The van der Waals surface area contributed by atoms with Gasteiger partial charge in [-0.3, -0.25) is 0 Å². The van der Waals surface area contributed by atoms with Gasteiger partial charge in [-0.05, 0) is 17.0 Å². The number of imidazole rings is 1. The summed E-state index contributed by atoms with van der Waals surface area (Å²) in [5.74, 6) is 0. The van der Waals surface area contributed by atoms with Gasteiger partial charge < -0.3 is 0 Å². The molecule has 0 aliphatic heterocycles. The molecule has 0 fully saturated rings. The number of hydrogen-bond acceptors (Lipinski definition) is 6. The zero-order valence-electron chi connectivity index (χ0n) is 11.6. The van der Waals surface area contributed by atoms with Gasteiger partial charge in [0.15, 0.2) is 0 Å². The lowest BCUT2D eigenvalue weighted by Gasteiger charge is -1.99. The van der Waals surface area contributed by atoms with Crippen molar-refractivity contribution in [3.8, 4) is 21.7 Å². The lowest BCUT2D eigenvalue weighted by molar-refractivity contribution is 0.595. The van der Waals surface area contributed by atoms with Crippen molar-refractivity contribution in [3.63, 3.8) is 0 Å². The summed E-state index contributed by atoms with van der Waals surface area (Å²) in [4.78, 5) is 6.11. The molecule has 0 unspecified atom stereocenters. The molecule has 6 nitrogen and oxygen atoms in total. The Balaban J connectivity index is 1.70. The zero-order chi connectivity index (χ0) is 16.0. The standard InChI is InChI=1S/C14H10N4O2S3/c15-23(19,20)14-17-18-8-11(16-13(18)22-14)9-3-5-10(6-4-9)12-2-1-7-21-12/h1-8H,(H2,15,19,20). The maximum absolute atomic E-state index is 11.3. The number of fused-ring (bicyclic) bond motifs is 1. The van der Waals surface area contributed by atoms with Gasteiger partial charge in [-0.2, -0.15) is 0 Å². The van der Waals surface area contributed by atoms with Gasteiger partial charge in [0.25, 0.3) is 10.0 Å². The largest absolute Gasteiger partial charge is 0.267 e. The Morgan fingerprint density at radius 2 is 1.83 bits per heavy atom. The van der Waals surface area contributed by atoms with E-state index in [0.717, 1.165) is 28.2 Å².